The second-order valence-electron chi connectivity index (χ2n) is 34.4. The monoisotopic (exact) mass is 1720 g/mol. The second kappa shape index (κ2) is 43.3. The highest BCUT2D eigenvalue weighted by molar-refractivity contribution is 5.97. The highest BCUT2D eigenvalue weighted by Crippen LogP contribution is 2.37. The van der Waals surface area contributed by atoms with Gasteiger partial charge < -0.3 is 37.9 Å². The number of nitrogens with zero attached hydrogens (tertiary/aromatic N) is 12. The van der Waals surface area contributed by atoms with Gasteiger partial charge in [-0.15, -0.1) is 0 Å². The number of aromatic nitrogens is 8. The fraction of sp³-hybridized carbons (Fsp3) is 0.354. The molecule has 6 aromatic carbocycles. The maximum absolute atomic E-state index is 12.4. The fourth-order valence-electron chi connectivity index (χ4n) is 12.4. The largest absolute Gasteiger partial charge is 0.491 e. The Hall–Kier alpha value is -14.1. The molecule has 10 rings (SSSR count). The van der Waals surface area contributed by atoms with E-state index in [1.54, 1.807) is 91.6 Å². The summed E-state index contributed by atoms with van der Waals surface area (Å²) in [6.45, 7) is 36.3. The van der Waals surface area contributed by atoms with E-state index in [2.05, 4.69) is 106 Å². The lowest BCUT2D eigenvalue weighted by Gasteiger charge is -2.21. The first-order valence-corrected chi connectivity index (χ1v) is 40.5. The number of carbonyl (C=O) groups is 4. The maximum Gasteiger partial charge on any atom is 0.491 e. The second-order valence-corrected chi connectivity index (χ2v) is 34.4. The van der Waals surface area contributed by atoms with E-state index in [0.29, 0.717) is 85.6 Å². The Kier molecular flexibility index (Phi) is 34.1. The lowest BCUT2D eigenvalue weighted by Crippen LogP contribution is -2.26. The number of aryl methyl sites for hydroxylation is 8. The molecule has 0 aliphatic rings. The lowest BCUT2D eigenvalue weighted by molar-refractivity contribution is -0.206. The molecule has 126 heavy (non-hydrogen) atoms. The van der Waals surface area contributed by atoms with Gasteiger partial charge in [0.15, 0.2) is 23.0 Å². The summed E-state index contributed by atoms with van der Waals surface area (Å²) < 4.78 is 86.6. The van der Waals surface area contributed by atoms with Gasteiger partial charge in [0.1, 0.15) is 69.3 Å². The Balaban J connectivity index is 0.000000231. The zero-order chi connectivity index (χ0) is 93.4. The van der Waals surface area contributed by atoms with Crippen molar-refractivity contribution in [1.29, 1.82) is 21.0 Å². The number of carbonyl (C=O) groups excluding carboxylic acids is 4. The molecule has 0 fully saturated rings. The van der Waals surface area contributed by atoms with Gasteiger partial charge in [-0.25, -0.2) is 9.59 Å². The summed E-state index contributed by atoms with van der Waals surface area (Å²) in [5.41, 5.74) is 14.1. The topological polar surface area (TPSA) is 309 Å². The number of rotatable bonds is 25. The summed E-state index contributed by atoms with van der Waals surface area (Å²) in [4.78, 5) is 47.8. The molecule has 0 aliphatic carbocycles. The number of allylic oxidation sites excluding steroid dienone is 4. The van der Waals surface area contributed by atoms with Gasteiger partial charge >= 0.3 is 30.1 Å². The van der Waals surface area contributed by atoms with Crippen LogP contribution in [-0.4, -0.2) is 96.3 Å². The minimum atomic E-state index is -5.14. The first-order valence-electron chi connectivity index (χ1n) is 40.5. The van der Waals surface area contributed by atoms with Gasteiger partial charge in [-0.05, 0) is 156 Å². The summed E-state index contributed by atoms with van der Waals surface area (Å²) in [6.07, 6.45) is -4.34. The summed E-state index contributed by atoms with van der Waals surface area (Å²) in [5, 5.41) is 57.1. The predicted molar refractivity (Wildman–Crippen MR) is 476 cm³/mol. The first kappa shape index (κ1) is 99.1. The van der Waals surface area contributed by atoms with E-state index in [1.165, 1.54) is 10.2 Å². The van der Waals surface area contributed by atoms with Gasteiger partial charge in [0.2, 0.25) is 27.2 Å². The van der Waals surface area contributed by atoms with Crippen LogP contribution in [0.2, 0.25) is 0 Å². The van der Waals surface area contributed by atoms with Crippen LogP contribution in [0.5, 0.6) is 0 Å². The molecule has 0 bridgehead atoms. The number of ether oxygens (including phenoxy) is 8. The molecular weight excluding hydrogens is 1610 g/mol. The van der Waals surface area contributed by atoms with E-state index in [-0.39, 0.29) is 65.8 Å². The third kappa shape index (κ3) is 27.7. The van der Waals surface area contributed by atoms with Crippen molar-refractivity contribution in [2.45, 2.75) is 172 Å². The molecule has 0 aliphatic heterocycles. The van der Waals surface area contributed by atoms with Gasteiger partial charge in [0, 0.05) is 28.2 Å². The minimum Gasteiger partial charge on any atom is -0.454 e. The van der Waals surface area contributed by atoms with E-state index in [9.17, 15) is 53.4 Å². The Morgan fingerprint density at radius 1 is 0.341 bits per heavy atom. The van der Waals surface area contributed by atoms with E-state index in [1.807, 2.05) is 208 Å². The van der Waals surface area contributed by atoms with E-state index >= 15 is 0 Å². The number of benzene rings is 6. The van der Waals surface area contributed by atoms with Crippen molar-refractivity contribution < 1.29 is 70.2 Å². The van der Waals surface area contributed by atoms with Gasteiger partial charge in [-0.2, -0.15) is 54.6 Å². The Labute approximate surface area is 736 Å². The number of halogens is 3. The fourth-order valence-corrected chi connectivity index (χ4v) is 12.4. The van der Waals surface area contributed by atoms with Crippen LogP contribution in [-0.2, 0) is 109 Å². The van der Waals surface area contributed by atoms with Crippen LogP contribution in [0.4, 0.5) is 13.2 Å². The molecular formula is C99H111F3N12O12. The summed E-state index contributed by atoms with van der Waals surface area (Å²) >= 11 is 0. The van der Waals surface area contributed by atoms with E-state index < -0.39 is 36.3 Å². The molecule has 4 heterocycles. The Bertz CT molecular complexity index is 5760. The quantitative estimate of drug-likeness (QED) is 0.0169. The van der Waals surface area contributed by atoms with Crippen molar-refractivity contribution in [3.05, 3.63) is 283 Å². The first-order chi connectivity index (χ1) is 59.1. The summed E-state index contributed by atoms with van der Waals surface area (Å²) in [7, 11) is 6.95. The molecule has 0 amide bonds. The molecule has 0 radical (unpaired) electrons. The van der Waals surface area contributed by atoms with Crippen LogP contribution in [0.15, 0.2) is 182 Å². The number of hydrogen-bond acceptors (Lipinski definition) is 20. The molecule has 0 unspecified atom stereocenters. The highest BCUT2D eigenvalue weighted by Gasteiger charge is 2.41. The smallest absolute Gasteiger partial charge is 0.454 e. The van der Waals surface area contributed by atoms with Crippen LogP contribution >= 0.6 is 0 Å². The van der Waals surface area contributed by atoms with E-state index in [4.69, 9.17) is 33.2 Å². The van der Waals surface area contributed by atoms with Crippen molar-refractivity contribution in [3.63, 3.8) is 0 Å². The van der Waals surface area contributed by atoms with Crippen molar-refractivity contribution >= 4 is 69.2 Å². The number of alkyl halides is 3. The molecule has 0 saturated heterocycles. The SMILES string of the molecule is CCC(C)(C)C(=O)OCO/C(=C(/C#N)c1ccc(C(C)(C)C)cc1)c1cc(C)nn1C.Cc1cc(/C(OCOC(=O)C(F)(F)F)=C(\C#N)c2ccc(C(C)(C)C)cc2)n(C)n1.Cc1cc(/C(OCOC(=O)Cc2ccccc2)=C(\C#N)c2ccc(C(C)(C)C)cc2)n(C)n1.Cc1cc(/C(OCOC(=O)c2ccccc2)=C(\C#N)c2ccc(C(C)(C)C)cc2)n(C)n1. The Morgan fingerprint density at radius 3 is 0.833 bits per heavy atom. The zero-order valence-corrected chi connectivity index (χ0v) is 76.0. The lowest BCUT2D eigenvalue weighted by atomic mass is 9.86. The van der Waals surface area contributed by atoms with Crippen molar-refractivity contribution in [3.8, 4) is 24.3 Å². The molecule has 4 aromatic heterocycles. The molecule has 0 N–H and O–H groups in total. The highest BCUT2D eigenvalue weighted by atomic mass is 19.4. The van der Waals surface area contributed by atoms with Gasteiger partial charge in [-0.1, -0.05) is 236 Å². The molecule has 0 atom stereocenters. The van der Waals surface area contributed by atoms with Crippen LogP contribution in [0.1, 0.15) is 216 Å². The molecule has 660 valence electrons. The van der Waals surface area contributed by atoms with Crippen molar-refractivity contribution in [2.24, 2.45) is 33.6 Å². The Morgan fingerprint density at radius 2 is 0.595 bits per heavy atom. The van der Waals surface area contributed by atoms with Crippen molar-refractivity contribution in [2.75, 3.05) is 27.2 Å². The van der Waals surface area contributed by atoms with Crippen LogP contribution < -0.4 is 0 Å². The number of esters is 4. The van der Waals surface area contributed by atoms with E-state index in [0.717, 1.165) is 50.5 Å². The van der Waals surface area contributed by atoms with Crippen LogP contribution in [0.3, 0.4) is 0 Å². The molecule has 0 saturated carbocycles. The molecule has 0 spiro atoms. The van der Waals surface area contributed by atoms with Gasteiger partial charge in [-0.3, -0.25) is 28.3 Å². The average Bonchev–Trinajstić information content (AvgIpc) is 1.59. The maximum atomic E-state index is 12.4. The van der Waals surface area contributed by atoms with Gasteiger partial charge in [0.25, 0.3) is 0 Å². The normalized spacial score (nSPS) is 12.4. The van der Waals surface area contributed by atoms with Gasteiger partial charge in [0.05, 0.1) is 40.2 Å². The third-order valence-electron chi connectivity index (χ3n) is 19.9. The van der Waals surface area contributed by atoms with Crippen LogP contribution in [0, 0.1) is 78.4 Å². The number of nitriles is 4. The summed E-state index contributed by atoms with van der Waals surface area (Å²) in [5.74, 6) is -2.72. The summed E-state index contributed by atoms with van der Waals surface area (Å²) in [6, 6.07) is 64.7. The molecule has 10 aromatic rings. The van der Waals surface area contributed by atoms with Crippen LogP contribution in [0.25, 0.3) is 45.3 Å². The predicted octanol–water partition coefficient (Wildman–Crippen LogP) is 20.3. The third-order valence-corrected chi connectivity index (χ3v) is 19.9. The van der Waals surface area contributed by atoms with Crippen molar-refractivity contribution in [1.82, 2.24) is 39.1 Å². The standard InChI is InChI=1S/C27H29N3O3.C26H27N3O3.C25H33N3O3.C21H22F3N3O3/c1-19-15-24(30(5)29-19)26(33-18-32-25(31)16-20-9-7-6-8-10-20)23(17-28)21-11-13-22(14-12-21)27(2,3)4;1-18-15-23(29(5)28-18)24(31-17-32-25(30)20-9-7-6-8-10-20)22(16-27)19-11-13-21(14-12-19)26(2,3)4;1-9-25(6,7)23(29)31-16-30-22(21-14-17(2)27-28(21)8)20(15-26)18-10-12-19(13-11-18)24(3,4)5;1-13-10-17(27(5)26-13)18(29-12-30-19(28)21(22,23)24)16(11-25)14-6-8-15(9-7-14)20(2,3)4/h6-15H,16,18H2,1-5H3;6-15H,17H2,1-5H3;10-14H,9,16H2,1-8H3;6-10H,12H2,1-5H3/b26-23-;24-22-;22-20-;18-16-. The minimum absolute atomic E-state index is 0.000482. The average molecular weight is 1720 g/mol. The number of hydrogen-bond donors (Lipinski definition) is 0. The molecule has 27 heteroatoms. The molecule has 24 nitrogen and oxygen atoms in total. The zero-order valence-electron chi connectivity index (χ0n) is 76.0.